The molecule has 0 N–H and O–H groups in total. The highest BCUT2D eigenvalue weighted by Gasteiger charge is 2.31. The number of ether oxygens (including phenoxy) is 2. The summed E-state index contributed by atoms with van der Waals surface area (Å²) >= 11 is 0. The van der Waals surface area contributed by atoms with Gasteiger partial charge in [0.25, 0.3) is 0 Å². The Hall–Kier alpha value is -4.04. The van der Waals surface area contributed by atoms with Crippen molar-refractivity contribution in [3.8, 4) is 17.2 Å². The first-order valence-electron chi connectivity index (χ1n) is 10.9. The number of fused-ring (bicyclic) bond motifs is 3. The van der Waals surface area contributed by atoms with Crippen molar-refractivity contribution >= 4 is 10.8 Å². The van der Waals surface area contributed by atoms with Crippen molar-refractivity contribution in [3.05, 3.63) is 138 Å². The number of hydrogen-bond donors (Lipinski definition) is 0. The first-order chi connectivity index (χ1) is 15.9. The number of benzene rings is 5. The molecule has 1 heterocycles. The third kappa shape index (κ3) is 3.21. The normalized spacial score (nSPS) is 12.6. The third-order valence-electron chi connectivity index (χ3n) is 6.14. The van der Waals surface area contributed by atoms with Crippen LogP contribution in [0.15, 0.2) is 115 Å². The summed E-state index contributed by atoms with van der Waals surface area (Å²) in [7, 11) is 0. The van der Waals surface area contributed by atoms with Crippen molar-refractivity contribution in [2.75, 3.05) is 0 Å². The molecule has 2 nitrogen and oxygen atoms in total. The SMILES string of the molecule is c1ccc(COc2ccc3ccccc3c2C2c3ccccc3Oc3ccccc32)cc1. The summed E-state index contributed by atoms with van der Waals surface area (Å²) in [4.78, 5) is 0. The second-order valence-electron chi connectivity index (χ2n) is 8.08. The molecular weight excluding hydrogens is 392 g/mol. The predicted octanol–water partition coefficient (Wildman–Crippen LogP) is 7.70. The van der Waals surface area contributed by atoms with Crippen LogP contribution < -0.4 is 9.47 Å². The minimum Gasteiger partial charge on any atom is -0.489 e. The van der Waals surface area contributed by atoms with Crippen LogP contribution in [0.3, 0.4) is 0 Å². The lowest BCUT2D eigenvalue weighted by molar-refractivity contribution is 0.302. The first kappa shape index (κ1) is 18.7. The van der Waals surface area contributed by atoms with Gasteiger partial charge in [0.2, 0.25) is 0 Å². The van der Waals surface area contributed by atoms with E-state index < -0.39 is 0 Å². The van der Waals surface area contributed by atoms with Crippen LogP contribution in [0, 0.1) is 0 Å². The summed E-state index contributed by atoms with van der Waals surface area (Å²) in [5, 5.41) is 2.41. The molecule has 0 radical (unpaired) electrons. The topological polar surface area (TPSA) is 18.5 Å². The second kappa shape index (κ2) is 7.90. The van der Waals surface area contributed by atoms with Crippen molar-refractivity contribution in [1.82, 2.24) is 0 Å². The lowest BCUT2D eigenvalue weighted by Crippen LogP contribution is -2.13. The summed E-state index contributed by atoms with van der Waals surface area (Å²) in [6.45, 7) is 0.526. The Morgan fingerprint density at radius 1 is 0.594 bits per heavy atom. The zero-order valence-corrected chi connectivity index (χ0v) is 17.6. The smallest absolute Gasteiger partial charge is 0.131 e. The van der Waals surface area contributed by atoms with E-state index in [1.54, 1.807) is 0 Å². The van der Waals surface area contributed by atoms with Crippen LogP contribution in [0.5, 0.6) is 17.2 Å². The number of para-hydroxylation sites is 2. The standard InChI is InChI=1S/C30H22O2/c1-2-10-21(11-3-1)20-31-28-19-18-22-12-4-5-13-23(22)30(28)29-24-14-6-8-16-26(24)32-27-17-9-7-15-25(27)29/h1-19,29H,20H2. The quantitative estimate of drug-likeness (QED) is 0.294. The highest BCUT2D eigenvalue weighted by Crippen LogP contribution is 2.50. The van der Waals surface area contributed by atoms with E-state index in [1.807, 2.05) is 42.5 Å². The molecular formula is C30H22O2. The van der Waals surface area contributed by atoms with E-state index in [0.717, 1.165) is 33.9 Å². The molecule has 5 aromatic carbocycles. The molecule has 0 spiro atoms. The van der Waals surface area contributed by atoms with Crippen molar-refractivity contribution in [1.29, 1.82) is 0 Å². The van der Waals surface area contributed by atoms with Gasteiger partial charge < -0.3 is 9.47 Å². The van der Waals surface area contributed by atoms with Gasteiger partial charge in [-0.15, -0.1) is 0 Å². The average Bonchev–Trinajstić information content (AvgIpc) is 2.86. The van der Waals surface area contributed by atoms with Gasteiger partial charge >= 0.3 is 0 Å². The zero-order valence-electron chi connectivity index (χ0n) is 17.6. The summed E-state index contributed by atoms with van der Waals surface area (Å²) in [5.74, 6) is 2.73. The average molecular weight is 415 g/mol. The zero-order chi connectivity index (χ0) is 21.3. The second-order valence-corrected chi connectivity index (χ2v) is 8.08. The monoisotopic (exact) mass is 414 g/mol. The molecule has 0 aromatic heterocycles. The Morgan fingerprint density at radius 2 is 1.22 bits per heavy atom. The largest absolute Gasteiger partial charge is 0.489 e. The van der Waals surface area contributed by atoms with Crippen LogP contribution in [0.25, 0.3) is 10.8 Å². The van der Waals surface area contributed by atoms with Gasteiger partial charge in [-0.2, -0.15) is 0 Å². The van der Waals surface area contributed by atoms with Crippen molar-refractivity contribution in [3.63, 3.8) is 0 Å². The van der Waals surface area contributed by atoms with Crippen LogP contribution in [0.1, 0.15) is 28.2 Å². The molecule has 1 aliphatic heterocycles. The number of rotatable bonds is 4. The minimum absolute atomic E-state index is 0.0213. The molecule has 0 fully saturated rings. The Kier molecular flexibility index (Phi) is 4.62. The Balaban J connectivity index is 1.57. The van der Waals surface area contributed by atoms with Gasteiger partial charge in [-0.3, -0.25) is 0 Å². The van der Waals surface area contributed by atoms with Gasteiger partial charge in [0, 0.05) is 22.6 Å². The van der Waals surface area contributed by atoms with Crippen molar-refractivity contribution in [2.45, 2.75) is 12.5 Å². The van der Waals surface area contributed by atoms with E-state index in [0.29, 0.717) is 6.61 Å². The molecule has 0 atom stereocenters. The summed E-state index contributed by atoms with van der Waals surface area (Å²) < 4.78 is 12.7. The molecule has 0 aliphatic carbocycles. The maximum absolute atomic E-state index is 6.47. The van der Waals surface area contributed by atoms with Gasteiger partial charge in [-0.1, -0.05) is 97.1 Å². The molecule has 0 saturated heterocycles. The van der Waals surface area contributed by atoms with E-state index in [-0.39, 0.29) is 5.92 Å². The Morgan fingerprint density at radius 3 is 1.97 bits per heavy atom. The molecule has 0 unspecified atom stereocenters. The van der Waals surface area contributed by atoms with Crippen LogP contribution in [-0.2, 0) is 6.61 Å². The lowest BCUT2D eigenvalue weighted by atomic mass is 9.80. The minimum atomic E-state index is 0.0213. The molecule has 0 bridgehead atoms. The van der Waals surface area contributed by atoms with Gasteiger partial charge in [-0.25, -0.2) is 0 Å². The highest BCUT2D eigenvalue weighted by atomic mass is 16.5. The third-order valence-corrected chi connectivity index (χ3v) is 6.14. The fourth-order valence-corrected chi connectivity index (χ4v) is 4.66. The first-order valence-corrected chi connectivity index (χ1v) is 10.9. The van der Waals surface area contributed by atoms with Crippen molar-refractivity contribution < 1.29 is 9.47 Å². The maximum atomic E-state index is 6.47. The number of hydrogen-bond acceptors (Lipinski definition) is 2. The van der Waals surface area contributed by atoms with Crippen LogP contribution in [-0.4, -0.2) is 0 Å². The Labute approximate surface area is 187 Å². The van der Waals surface area contributed by atoms with Crippen LogP contribution in [0.4, 0.5) is 0 Å². The molecule has 0 amide bonds. The predicted molar refractivity (Wildman–Crippen MR) is 129 cm³/mol. The van der Waals surface area contributed by atoms with E-state index in [4.69, 9.17) is 9.47 Å². The molecule has 5 aromatic rings. The molecule has 1 aliphatic rings. The van der Waals surface area contributed by atoms with E-state index in [9.17, 15) is 0 Å². The lowest BCUT2D eigenvalue weighted by Gasteiger charge is -2.30. The summed E-state index contributed by atoms with van der Waals surface area (Å²) in [6.07, 6.45) is 0. The Bertz CT molecular complexity index is 1360. The van der Waals surface area contributed by atoms with Gasteiger partial charge in [0.15, 0.2) is 0 Å². The fourth-order valence-electron chi connectivity index (χ4n) is 4.66. The van der Waals surface area contributed by atoms with Crippen LogP contribution in [0.2, 0.25) is 0 Å². The van der Waals surface area contributed by atoms with E-state index in [2.05, 4.69) is 72.8 Å². The highest BCUT2D eigenvalue weighted by molar-refractivity contribution is 5.90. The summed E-state index contributed by atoms with van der Waals surface area (Å²) in [6, 6.07) is 39.8. The molecule has 0 saturated carbocycles. The molecule has 2 heteroatoms. The molecule has 32 heavy (non-hydrogen) atoms. The fraction of sp³-hybridized carbons (Fsp3) is 0.0667. The van der Waals surface area contributed by atoms with Gasteiger partial charge in [0.05, 0.1) is 0 Å². The summed E-state index contributed by atoms with van der Waals surface area (Å²) in [5.41, 5.74) is 4.65. The van der Waals surface area contributed by atoms with Crippen molar-refractivity contribution in [2.24, 2.45) is 0 Å². The van der Waals surface area contributed by atoms with E-state index in [1.165, 1.54) is 16.3 Å². The molecule has 6 rings (SSSR count). The maximum Gasteiger partial charge on any atom is 0.131 e. The van der Waals surface area contributed by atoms with Crippen LogP contribution >= 0.6 is 0 Å². The molecule has 154 valence electrons. The van der Waals surface area contributed by atoms with Gasteiger partial charge in [0.1, 0.15) is 23.9 Å². The van der Waals surface area contributed by atoms with Gasteiger partial charge in [-0.05, 0) is 34.5 Å². The van der Waals surface area contributed by atoms with E-state index >= 15 is 0 Å².